The van der Waals surface area contributed by atoms with Crippen molar-refractivity contribution in [2.45, 2.75) is 0 Å². The van der Waals surface area contributed by atoms with E-state index in [4.69, 9.17) is 0 Å². The van der Waals surface area contributed by atoms with Gasteiger partial charge in [-0.15, -0.1) is 0 Å². The SMILES string of the molecule is C1=CN=C1.O.O.O.[Zr]. The van der Waals surface area contributed by atoms with Crippen LogP contribution in [0.5, 0.6) is 0 Å². The third-order valence-electron chi connectivity index (χ3n) is 0.344. The van der Waals surface area contributed by atoms with Gasteiger partial charge in [-0.05, 0) is 6.08 Å². The molecule has 1 rings (SSSR count). The molecule has 0 radical (unpaired) electrons. The molecule has 0 fully saturated rings. The van der Waals surface area contributed by atoms with E-state index < -0.39 is 0 Å². The van der Waals surface area contributed by atoms with E-state index in [1.54, 1.807) is 12.4 Å². The molecule has 0 aromatic heterocycles. The van der Waals surface area contributed by atoms with Crippen LogP contribution in [0.2, 0.25) is 0 Å². The Bertz CT molecular complexity index is 54.9. The van der Waals surface area contributed by atoms with Gasteiger partial charge in [0.1, 0.15) is 0 Å². The zero-order chi connectivity index (χ0) is 2.83. The molecule has 4 nitrogen and oxygen atoms in total. The van der Waals surface area contributed by atoms with E-state index in [9.17, 15) is 0 Å². The molecule has 0 amide bonds. The van der Waals surface area contributed by atoms with E-state index in [0.29, 0.717) is 0 Å². The minimum Gasteiger partial charge on any atom is -0.412 e. The summed E-state index contributed by atoms with van der Waals surface area (Å²) in [5, 5.41) is 0. The molecule has 0 aliphatic carbocycles. The van der Waals surface area contributed by atoms with Gasteiger partial charge in [-0.1, -0.05) is 0 Å². The first-order valence-corrected chi connectivity index (χ1v) is 1.18. The van der Waals surface area contributed by atoms with Gasteiger partial charge in [-0.2, -0.15) is 0 Å². The maximum atomic E-state index is 3.61. The summed E-state index contributed by atoms with van der Waals surface area (Å²) in [4.78, 5) is 3.61. The predicted octanol–water partition coefficient (Wildman–Crippen LogP) is -1.89. The Hall–Kier alpha value is 0.173. The number of hydrogen-bond donors (Lipinski definition) is 0. The van der Waals surface area contributed by atoms with E-state index in [-0.39, 0.29) is 42.6 Å². The summed E-state index contributed by atoms with van der Waals surface area (Å²) < 4.78 is 0. The van der Waals surface area contributed by atoms with Gasteiger partial charge in [0.2, 0.25) is 0 Å². The van der Waals surface area contributed by atoms with Crippen LogP contribution in [-0.2, 0) is 26.2 Å². The normalized spacial score (nSPS) is 8.00. The second-order valence-corrected chi connectivity index (χ2v) is 0.640. The summed E-state index contributed by atoms with van der Waals surface area (Å²) in [6, 6.07) is 0. The minimum atomic E-state index is 0. The van der Waals surface area contributed by atoms with Crippen LogP contribution in [0.15, 0.2) is 17.3 Å². The van der Waals surface area contributed by atoms with Crippen LogP contribution in [-0.4, -0.2) is 22.6 Å². The number of allylic oxidation sites excluding steroid dienone is 1. The number of nitrogens with zero attached hydrogens (tertiary/aromatic N) is 1. The van der Waals surface area contributed by atoms with E-state index in [2.05, 4.69) is 4.99 Å². The van der Waals surface area contributed by atoms with Crippen molar-refractivity contribution in [3.8, 4) is 0 Å². The molecule has 0 aromatic rings. The van der Waals surface area contributed by atoms with Gasteiger partial charge in [0, 0.05) is 38.6 Å². The summed E-state index contributed by atoms with van der Waals surface area (Å²) in [7, 11) is 0. The Morgan fingerprint density at radius 3 is 1.12 bits per heavy atom. The zero-order valence-electron chi connectivity index (χ0n) is 4.18. The van der Waals surface area contributed by atoms with E-state index in [0.717, 1.165) is 0 Å². The van der Waals surface area contributed by atoms with Gasteiger partial charge < -0.3 is 16.4 Å². The van der Waals surface area contributed by atoms with Gasteiger partial charge in [0.15, 0.2) is 0 Å². The summed E-state index contributed by atoms with van der Waals surface area (Å²) in [6.45, 7) is 0. The first-order chi connectivity index (χ1) is 2.00. The van der Waals surface area contributed by atoms with Gasteiger partial charge in [0.25, 0.3) is 0 Å². The molecule has 1 aliphatic heterocycles. The summed E-state index contributed by atoms with van der Waals surface area (Å²) in [5.74, 6) is 0. The third kappa shape index (κ3) is 9.49. The van der Waals surface area contributed by atoms with Crippen molar-refractivity contribution in [2.75, 3.05) is 0 Å². The Morgan fingerprint density at radius 1 is 1.00 bits per heavy atom. The maximum Gasteiger partial charge on any atom is 0.0283 e. The summed E-state index contributed by atoms with van der Waals surface area (Å²) in [5.41, 5.74) is 0. The third-order valence-corrected chi connectivity index (χ3v) is 0.344. The first-order valence-electron chi connectivity index (χ1n) is 1.18. The van der Waals surface area contributed by atoms with Crippen molar-refractivity contribution < 1.29 is 42.6 Å². The van der Waals surface area contributed by atoms with Gasteiger partial charge in [-0.3, -0.25) is 4.99 Å². The molecule has 0 bridgehead atoms. The quantitative estimate of drug-likeness (QED) is 0.434. The number of hydrogen-bond acceptors (Lipinski definition) is 1. The van der Waals surface area contributed by atoms with Crippen LogP contribution in [0.3, 0.4) is 0 Å². The summed E-state index contributed by atoms with van der Waals surface area (Å²) >= 11 is 0. The van der Waals surface area contributed by atoms with E-state index in [1.807, 2.05) is 6.08 Å². The average molecular weight is 198 g/mol. The van der Waals surface area contributed by atoms with Crippen LogP contribution in [0.25, 0.3) is 0 Å². The standard InChI is InChI=1S/C3H3N.3H2O.Zr/c1-2-4-3-1;;;;/h1-3H;3*1H2;. The Morgan fingerprint density at radius 2 is 1.12 bits per heavy atom. The fourth-order valence-electron chi connectivity index (χ4n) is 0.0861. The Balaban J connectivity index is -0.0000000200. The molecular formula is C3H9NO3Zr. The van der Waals surface area contributed by atoms with Crippen molar-refractivity contribution in [3.05, 3.63) is 12.3 Å². The van der Waals surface area contributed by atoms with Gasteiger partial charge >= 0.3 is 0 Å². The van der Waals surface area contributed by atoms with E-state index >= 15 is 0 Å². The Labute approximate surface area is 66.4 Å². The van der Waals surface area contributed by atoms with Crippen LogP contribution in [0.1, 0.15) is 0 Å². The van der Waals surface area contributed by atoms with Crippen molar-refractivity contribution >= 4 is 6.21 Å². The molecule has 0 unspecified atom stereocenters. The molecule has 0 saturated heterocycles. The molecule has 0 spiro atoms. The monoisotopic (exact) mass is 197 g/mol. The second kappa shape index (κ2) is 15.7. The van der Waals surface area contributed by atoms with E-state index in [1.165, 1.54) is 0 Å². The fraction of sp³-hybridized carbons (Fsp3) is 0. The molecule has 0 aromatic carbocycles. The molecule has 1 heterocycles. The second-order valence-electron chi connectivity index (χ2n) is 0.640. The average Bonchev–Trinajstić information content (AvgIpc) is 0.722. The molecule has 0 saturated carbocycles. The molecule has 8 heavy (non-hydrogen) atoms. The largest absolute Gasteiger partial charge is 0.412 e. The minimum absolute atomic E-state index is 0. The van der Waals surface area contributed by atoms with Crippen LogP contribution in [0, 0.1) is 0 Å². The van der Waals surface area contributed by atoms with Crippen molar-refractivity contribution in [1.82, 2.24) is 0 Å². The maximum absolute atomic E-state index is 3.61. The van der Waals surface area contributed by atoms with Crippen LogP contribution < -0.4 is 0 Å². The molecule has 0 atom stereocenters. The molecule has 48 valence electrons. The molecule has 1 aliphatic rings. The van der Waals surface area contributed by atoms with Crippen LogP contribution >= 0.6 is 0 Å². The molecule has 5 heteroatoms. The topological polar surface area (TPSA) is 107 Å². The van der Waals surface area contributed by atoms with Crippen LogP contribution in [0.4, 0.5) is 0 Å². The van der Waals surface area contributed by atoms with Gasteiger partial charge in [0.05, 0.1) is 0 Å². The van der Waals surface area contributed by atoms with Gasteiger partial charge in [-0.25, -0.2) is 0 Å². The summed E-state index contributed by atoms with van der Waals surface area (Å²) in [6.07, 6.45) is 5.39. The van der Waals surface area contributed by atoms with Crippen molar-refractivity contribution in [1.29, 1.82) is 0 Å². The molecule has 6 N–H and O–H groups in total. The first kappa shape index (κ1) is 24.1. The zero-order valence-corrected chi connectivity index (χ0v) is 6.64. The smallest absolute Gasteiger partial charge is 0.0283 e. The number of aliphatic imine (C=N–C) groups is 1. The van der Waals surface area contributed by atoms with Crippen molar-refractivity contribution in [2.24, 2.45) is 4.99 Å². The van der Waals surface area contributed by atoms with Crippen molar-refractivity contribution in [3.63, 3.8) is 0 Å². The molecular weight excluding hydrogens is 189 g/mol. The fourth-order valence-corrected chi connectivity index (χ4v) is 0.0861. The number of rotatable bonds is 0. The Kier molecular flexibility index (Phi) is 47.4. The predicted molar refractivity (Wildman–Crippen MR) is 28.5 cm³/mol.